The van der Waals surface area contributed by atoms with Gasteiger partial charge in [0.2, 0.25) is 0 Å². The highest BCUT2D eigenvalue weighted by molar-refractivity contribution is 7.85. The molecule has 0 spiro atoms. The van der Waals surface area contributed by atoms with Crippen LogP contribution in [-0.4, -0.2) is 25.5 Å². The Kier molecular flexibility index (Phi) is 11.6. The summed E-state index contributed by atoms with van der Waals surface area (Å²) in [6, 6.07) is 0. The highest BCUT2D eigenvalue weighted by atomic mass is 32.2. The van der Waals surface area contributed by atoms with Crippen molar-refractivity contribution in [1.29, 1.82) is 0 Å². The minimum absolute atomic E-state index is 0.0556. The smallest absolute Gasteiger partial charge is 0.330 e. The largest absolute Gasteiger partial charge is 0.463 e. The molecule has 160 valence electrons. The summed E-state index contributed by atoms with van der Waals surface area (Å²) >= 11 is 0. The van der Waals surface area contributed by atoms with E-state index in [1.165, 1.54) is 6.92 Å². The maximum absolute atomic E-state index is 13.8. The van der Waals surface area contributed by atoms with E-state index in [4.69, 9.17) is 10.3 Å². The van der Waals surface area contributed by atoms with Crippen LogP contribution in [0.2, 0.25) is 0 Å². The van der Waals surface area contributed by atoms with Crippen molar-refractivity contribution in [2.45, 2.75) is 64.2 Å². The molecule has 3 N–H and O–H groups in total. The van der Waals surface area contributed by atoms with E-state index in [9.17, 15) is 22.0 Å². The minimum atomic E-state index is -4.84. The van der Waals surface area contributed by atoms with Crippen molar-refractivity contribution >= 4 is 21.8 Å². The lowest BCUT2D eigenvalue weighted by Gasteiger charge is -2.15. The molecular weight excluding hydrogens is 392 g/mol. The van der Waals surface area contributed by atoms with Crippen LogP contribution in [0.25, 0.3) is 0 Å². The summed E-state index contributed by atoms with van der Waals surface area (Å²) in [5.74, 6) is -3.39. The zero-order valence-electron chi connectivity index (χ0n) is 16.6. The fraction of sp³-hybridized carbons (Fsp3) is 0.526. The second-order valence-electron chi connectivity index (χ2n) is 6.13. The van der Waals surface area contributed by atoms with Gasteiger partial charge >= 0.3 is 5.97 Å². The average molecular weight is 422 g/mol. The minimum Gasteiger partial charge on any atom is -0.463 e. The van der Waals surface area contributed by atoms with E-state index in [2.05, 4.69) is 11.3 Å². The second kappa shape index (κ2) is 12.5. The number of esters is 1. The van der Waals surface area contributed by atoms with Crippen molar-refractivity contribution in [1.82, 2.24) is 0 Å². The van der Waals surface area contributed by atoms with Gasteiger partial charge in [0, 0.05) is 6.08 Å². The molecule has 0 saturated carbocycles. The third-order valence-electron chi connectivity index (χ3n) is 3.91. The average Bonchev–Trinajstić information content (AvgIpc) is 2.64. The molecule has 0 aliphatic rings. The molecule has 0 aromatic heterocycles. The molecule has 0 amide bonds. The molecule has 0 heterocycles. The molecule has 28 heavy (non-hydrogen) atoms. The third kappa shape index (κ3) is 7.93. The fourth-order valence-corrected chi connectivity index (χ4v) is 3.29. The number of benzene rings is 1. The van der Waals surface area contributed by atoms with Crippen LogP contribution in [0.5, 0.6) is 0 Å². The summed E-state index contributed by atoms with van der Waals surface area (Å²) in [5.41, 5.74) is 5.23. The van der Waals surface area contributed by atoms with E-state index < -0.39 is 32.3 Å². The zero-order valence-corrected chi connectivity index (χ0v) is 17.4. The lowest BCUT2D eigenvalue weighted by Crippen LogP contribution is -2.13. The monoisotopic (exact) mass is 421 g/mol. The highest BCUT2D eigenvalue weighted by Crippen LogP contribution is 2.32. The normalized spacial score (nSPS) is 10.8. The van der Waals surface area contributed by atoms with Gasteiger partial charge in [-0.3, -0.25) is 4.55 Å². The Hall–Kier alpha value is -2.00. The number of rotatable bonds is 9. The van der Waals surface area contributed by atoms with Crippen LogP contribution in [0.1, 0.15) is 57.1 Å². The molecule has 0 unspecified atom stereocenters. The maximum Gasteiger partial charge on any atom is 0.330 e. The summed E-state index contributed by atoms with van der Waals surface area (Å²) < 4.78 is 63.6. The van der Waals surface area contributed by atoms with Crippen molar-refractivity contribution in [3.05, 3.63) is 35.4 Å². The van der Waals surface area contributed by atoms with E-state index in [-0.39, 0.29) is 23.5 Å². The summed E-state index contributed by atoms with van der Waals surface area (Å²) in [5, 5.41) is 0. The van der Waals surface area contributed by atoms with Gasteiger partial charge in [-0.05, 0) is 37.3 Å². The first-order valence-electron chi connectivity index (χ1n) is 9.05. The number of hydrogen-bond acceptors (Lipinski definition) is 5. The van der Waals surface area contributed by atoms with Gasteiger partial charge in [-0.2, -0.15) is 8.42 Å². The summed E-state index contributed by atoms with van der Waals surface area (Å²) in [7, 11) is -4.84. The molecule has 0 atom stereocenters. The molecule has 0 aliphatic carbocycles. The number of ether oxygens (including phenoxy) is 1. The molecule has 9 heteroatoms. The van der Waals surface area contributed by atoms with Gasteiger partial charge in [0.25, 0.3) is 10.1 Å². The highest BCUT2D eigenvalue weighted by Gasteiger charge is 2.28. The van der Waals surface area contributed by atoms with Crippen molar-refractivity contribution in [2.75, 3.05) is 12.3 Å². The van der Waals surface area contributed by atoms with Crippen LogP contribution >= 0.6 is 0 Å². The standard InChI is InChI=1S/C13H19F2NO3S.C6H10O2/c1-3-4-5-6-7-9-8(2)12(16)10(14)11(15)13(9)20(17,18)19;1-3-5-8-6(7)4-2/h3-7,16H2,1-2H3,(H,17,18,19);4H,2-3,5H2,1H3. The number of halogens is 2. The van der Waals surface area contributed by atoms with Gasteiger partial charge in [-0.15, -0.1) is 0 Å². The van der Waals surface area contributed by atoms with Crippen molar-refractivity contribution < 1.29 is 31.3 Å². The predicted octanol–water partition coefficient (Wildman–Crippen LogP) is 4.35. The van der Waals surface area contributed by atoms with Crippen LogP contribution in [0.4, 0.5) is 14.5 Å². The Labute approximate surface area is 165 Å². The SMILES string of the molecule is C=CC(=O)OCCC.CCCCCCc1c(C)c(N)c(F)c(F)c1S(=O)(=O)O. The molecule has 0 radical (unpaired) electrons. The van der Waals surface area contributed by atoms with E-state index >= 15 is 0 Å². The van der Waals surface area contributed by atoms with Crippen LogP contribution in [0.15, 0.2) is 17.6 Å². The molecule has 0 bridgehead atoms. The number of hydrogen-bond donors (Lipinski definition) is 2. The Balaban J connectivity index is 0.000000769. The number of carbonyl (C=O) groups excluding carboxylic acids is 1. The van der Waals surface area contributed by atoms with Gasteiger partial charge in [0.1, 0.15) is 4.90 Å². The second-order valence-corrected chi connectivity index (χ2v) is 7.49. The van der Waals surface area contributed by atoms with Crippen molar-refractivity contribution in [3.63, 3.8) is 0 Å². The number of nitrogens with two attached hydrogens (primary N) is 1. The van der Waals surface area contributed by atoms with Crippen LogP contribution in [-0.2, 0) is 26.1 Å². The van der Waals surface area contributed by atoms with E-state index in [0.717, 1.165) is 31.8 Å². The van der Waals surface area contributed by atoms with E-state index in [0.29, 0.717) is 13.0 Å². The van der Waals surface area contributed by atoms with Crippen molar-refractivity contribution in [2.24, 2.45) is 0 Å². The van der Waals surface area contributed by atoms with Crippen molar-refractivity contribution in [3.8, 4) is 0 Å². The number of carbonyl (C=O) groups is 1. The molecule has 0 aliphatic heterocycles. The quantitative estimate of drug-likeness (QED) is 0.202. The summed E-state index contributed by atoms with van der Waals surface area (Å²) in [6.45, 7) is 9.11. The number of anilines is 1. The van der Waals surface area contributed by atoms with Gasteiger partial charge in [0.05, 0.1) is 12.3 Å². The first-order valence-corrected chi connectivity index (χ1v) is 10.5. The molecule has 0 saturated heterocycles. The first-order chi connectivity index (χ1) is 13.0. The molecule has 1 rings (SSSR count). The number of nitrogen functional groups attached to an aromatic ring is 1. The number of unbranched alkanes of at least 4 members (excludes halogenated alkanes) is 3. The predicted molar refractivity (Wildman–Crippen MR) is 105 cm³/mol. The van der Waals surface area contributed by atoms with Gasteiger partial charge < -0.3 is 10.5 Å². The molecule has 6 nitrogen and oxygen atoms in total. The molecule has 1 aromatic rings. The summed E-state index contributed by atoms with van der Waals surface area (Å²) in [4.78, 5) is 9.24. The Morgan fingerprint density at radius 3 is 2.25 bits per heavy atom. The van der Waals surface area contributed by atoms with E-state index in [1.54, 1.807) is 0 Å². The van der Waals surface area contributed by atoms with Crippen LogP contribution in [0.3, 0.4) is 0 Å². The molecule has 0 fully saturated rings. The fourth-order valence-electron chi connectivity index (χ4n) is 2.41. The Morgan fingerprint density at radius 1 is 1.18 bits per heavy atom. The summed E-state index contributed by atoms with van der Waals surface area (Å²) in [6.07, 6.45) is 5.64. The third-order valence-corrected chi connectivity index (χ3v) is 4.85. The van der Waals surface area contributed by atoms with Gasteiger partial charge in [-0.25, -0.2) is 13.6 Å². The zero-order chi connectivity index (χ0) is 21.9. The first kappa shape index (κ1) is 26.0. The topological polar surface area (TPSA) is 107 Å². The molecular formula is C19H29F2NO5S. The van der Waals surface area contributed by atoms with Gasteiger partial charge in [-0.1, -0.05) is 39.7 Å². The lowest BCUT2D eigenvalue weighted by molar-refractivity contribution is -0.137. The van der Waals surface area contributed by atoms with Gasteiger partial charge in [0.15, 0.2) is 11.6 Å². The Bertz CT molecular complexity index is 779. The Morgan fingerprint density at radius 2 is 1.79 bits per heavy atom. The van der Waals surface area contributed by atoms with Crippen LogP contribution in [0, 0.1) is 18.6 Å². The van der Waals surface area contributed by atoms with E-state index in [1.807, 2.05) is 13.8 Å². The van der Waals surface area contributed by atoms with Crippen LogP contribution < -0.4 is 5.73 Å². The lowest BCUT2D eigenvalue weighted by atomic mass is 9.99. The maximum atomic E-state index is 13.8. The molecule has 1 aromatic carbocycles.